The van der Waals surface area contributed by atoms with Gasteiger partial charge in [0.15, 0.2) is 5.75 Å². The van der Waals surface area contributed by atoms with Crippen LogP contribution in [0.3, 0.4) is 0 Å². The highest BCUT2D eigenvalue weighted by Gasteiger charge is 2.47. The highest BCUT2D eigenvalue weighted by molar-refractivity contribution is 7.95. The number of para-hydroxylation sites is 1. The van der Waals surface area contributed by atoms with Crippen LogP contribution in [0.1, 0.15) is 5.56 Å². The zero-order valence-electron chi connectivity index (χ0n) is 16.0. The molecule has 138 valence electrons. The van der Waals surface area contributed by atoms with Crippen LogP contribution in [-0.2, 0) is 6.16 Å². The molecule has 0 aliphatic rings. The Morgan fingerprint density at radius 1 is 0.571 bits per heavy atom. The van der Waals surface area contributed by atoms with Gasteiger partial charge in [-0.15, -0.1) is 0 Å². The van der Waals surface area contributed by atoms with Crippen molar-refractivity contribution in [3.63, 3.8) is 0 Å². The summed E-state index contributed by atoms with van der Waals surface area (Å²) in [4.78, 5) is 0. The molecule has 4 aromatic carbocycles. The van der Waals surface area contributed by atoms with Gasteiger partial charge in [0.05, 0.1) is 13.3 Å². The first-order valence-electron chi connectivity index (χ1n) is 9.51. The van der Waals surface area contributed by atoms with Crippen molar-refractivity contribution < 1.29 is 4.74 Å². The van der Waals surface area contributed by atoms with Crippen molar-refractivity contribution in [1.29, 1.82) is 0 Å². The Labute approximate surface area is 168 Å². The van der Waals surface area contributed by atoms with Gasteiger partial charge < -0.3 is 4.74 Å². The fraction of sp³-hybridized carbons (Fsp3) is 0.0769. The third-order valence-electron chi connectivity index (χ3n) is 5.15. The molecule has 0 bridgehead atoms. The Hall–Kier alpha value is -2.89. The maximum atomic E-state index is 5.86. The van der Waals surface area contributed by atoms with Gasteiger partial charge in [-0.25, -0.2) is 0 Å². The first-order chi connectivity index (χ1) is 13.8. The van der Waals surface area contributed by atoms with E-state index < -0.39 is 7.26 Å². The minimum Gasteiger partial charge on any atom is -0.493 e. The monoisotopic (exact) mass is 383 g/mol. The third kappa shape index (κ3) is 3.46. The van der Waals surface area contributed by atoms with E-state index in [2.05, 4.69) is 115 Å². The smallest absolute Gasteiger partial charge is 0.161 e. The molecule has 4 aromatic rings. The molecule has 0 amide bonds. The summed E-state index contributed by atoms with van der Waals surface area (Å²) >= 11 is 0. The Bertz CT molecular complexity index is 974. The SMILES string of the molecule is COc1ccccc1[P+](Cc1ccccc1)(c1ccccc1)c1ccccc1. The zero-order valence-corrected chi connectivity index (χ0v) is 16.9. The molecule has 0 aliphatic carbocycles. The van der Waals surface area contributed by atoms with Crippen LogP contribution in [0.25, 0.3) is 0 Å². The predicted molar refractivity (Wildman–Crippen MR) is 122 cm³/mol. The van der Waals surface area contributed by atoms with Crippen LogP contribution in [-0.4, -0.2) is 7.11 Å². The largest absolute Gasteiger partial charge is 0.493 e. The minimum atomic E-state index is -1.95. The molecule has 0 N–H and O–H groups in total. The van der Waals surface area contributed by atoms with Crippen LogP contribution in [0.5, 0.6) is 5.75 Å². The molecular formula is C26H24OP+. The first kappa shape index (κ1) is 18.5. The van der Waals surface area contributed by atoms with Crippen molar-refractivity contribution in [2.75, 3.05) is 7.11 Å². The number of rotatable bonds is 6. The number of ether oxygens (including phenoxy) is 1. The lowest BCUT2D eigenvalue weighted by Crippen LogP contribution is -2.33. The Morgan fingerprint density at radius 2 is 1.04 bits per heavy atom. The van der Waals surface area contributed by atoms with Crippen molar-refractivity contribution in [3.8, 4) is 5.75 Å². The van der Waals surface area contributed by atoms with E-state index in [-0.39, 0.29) is 0 Å². The van der Waals surface area contributed by atoms with E-state index in [4.69, 9.17) is 4.74 Å². The summed E-state index contributed by atoms with van der Waals surface area (Å²) in [6, 6.07) is 41.2. The second-order valence-corrected chi connectivity index (χ2v) is 10.2. The van der Waals surface area contributed by atoms with E-state index >= 15 is 0 Å². The van der Waals surface area contributed by atoms with Crippen LogP contribution < -0.4 is 20.7 Å². The molecule has 0 unspecified atom stereocenters. The molecule has 1 nitrogen and oxygen atoms in total. The summed E-state index contributed by atoms with van der Waals surface area (Å²) in [5.41, 5.74) is 1.34. The number of benzene rings is 4. The van der Waals surface area contributed by atoms with Crippen LogP contribution in [0, 0.1) is 0 Å². The summed E-state index contributed by atoms with van der Waals surface area (Å²) in [6.45, 7) is 0. The third-order valence-corrected chi connectivity index (χ3v) is 9.54. The fourth-order valence-electron chi connectivity index (χ4n) is 3.86. The van der Waals surface area contributed by atoms with Crippen LogP contribution in [0.2, 0.25) is 0 Å². The van der Waals surface area contributed by atoms with Crippen LogP contribution >= 0.6 is 7.26 Å². The number of hydrogen-bond donors (Lipinski definition) is 0. The standard InChI is InChI=1S/C26H24OP/c1-27-25-19-11-12-20-26(25)28(23-15-7-3-8-16-23,24-17-9-4-10-18-24)21-22-13-5-2-6-14-22/h2-20H,21H2,1H3/q+1. The molecule has 4 rings (SSSR count). The van der Waals surface area contributed by atoms with Crippen LogP contribution in [0.15, 0.2) is 115 Å². The molecule has 0 saturated carbocycles. The average Bonchev–Trinajstić information content (AvgIpc) is 2.79. The maximum Gasteiger partial charge on any atom is 0.161 e. The lowest BCUT2D eigenvalue weighted by atomic mass is 10.2. The van der Waals surface area contributed by atoms with E-state index in [1.165, 1.54) is 21.5 Å². The fourth-order valence-corrected chi connectivity index (χ4v) is 8.26. The van der Waals surface area contributed by atoms with Gasteiger partial charge >= 0.3 is 0 Å². The summed E-state index contributed by atoms with van der Waals surface area (Å²) < 4.78 is 5.86. The first-order valence-corrected chi connectivity index (χ1v) is 11.5. The van der Waals surface area contributed by atoms with Crippen LogP contribution in [0.4, 0.5) is 0 Å². The number of methoxy groups -OCH3 is 1. The molecule has 0 aliphatic heterocycles. The molecular weight excluding hydrogens is 359 g/mol. The topological polar surface area (TPSA) is 9.23 Å². The predicted octanol–water partition coefficient (Wildman–Crippen LogP) is 5.19. The number of hydrogen-bond acceptors (Lipinski definition) is 1. The summed E-state index contributed by atoms with van der Waals surface area (Å²) in [6.07, 6.45) is 0.961. The highest BCUT2D eigenvalue weighted by atomic mass is 31.2. The van der Waals surface area contributed by atoms with Gasteiger partial charge in [-0.05, 0) is 42.0 Å². The van der Waals surface area contributed by atoms with Gasteiger partial charge in [-0.2, -0.15) is 0 Å². The van der Waals surface area contributed by atoms with Crippen molar-refractivity contribution in [2.24, 2.45) is 0 Å². The van der Waals surface area contributed by atoms with E-state index in [0.717, 1.165) is 11.9 Å². The Balaban J connectivity index is 2.05. The van der Waals surface area contributed by atoms with Gasteiger partial charge in [-0.1, -0.05) is 78.9 Å². The van der Waals surface area contributed by atoms with Gasteiger partial charge in [0.2, 0.25) is 0 Å². The van der Waals surface area contributed by atoms with Crippen molar-refractivity contribution >= 4 is 23.2 Å². The van der Waals surface area contributed by atoms with Crippen molar-refractivity contribution in [2.45, 2.75) is 6.16 Å². The quantitative estimate of drug-likeness (QED) is 0.417. The molecule has 0 spiro atoms. The maximum absolute atomic E-state index is 5.86. The summed E-state index contributed by atoms with van der Waals surface area (Å²) in [7, 11) is -0.184. The van der Waals surface area contributed by atoms with E-state index in [1.54, 1.807) is 7.11 Å². The minimum absolute atomic E-state index is 0.958. The average molecular weight is 383 g/mol. The molecule has 0 atom stereocenters. The van der Waals surface area contributed by atoms with E-state index in [1.807, 2.05) is 0 Å². The molecule has 0 saturated heterocycles. The van der Waals surface area contributed by atoms with E-state index in [9.17, 15) is 0 Å². The molecule has 0 aromatic heterocycles. The van der Waals surface area contributed by atoms with Gasteiger partial charge in [0, 0.05) is 0 Å². The lowest BCUT2D eigenvalue weighted by Gasteiger charge is -2.29. The highest BCUT2D eigenvalue weighted by Crippen LogP contribution is 2.59. The summed E-state index contributed by atoms with van der Waals surface area (Å²) in [5, 5.41) is 4.03. The molecule has 0 radical (unpaired) electrons. The van der Waals surface area contributed by atoms with Crippen molar-refractivity contribution in [3.05, 3.63) is 121 Å². The Morgan fingerprint density at radius 3 is 1.57 bits per heavy atom. The van der Waals surface area contributed by atoms with E-state index in [0.29, 0.717) is 0 Å². The Kier molecular flexibility index (Phi) is 5.55. The summed E-state index contributed by atoms with van der Waals surface area (Å²) in [5.74, 6) is 0.958. The van der Waals surface area contributed by atoms with Crippen molar-refractivity contribution in [1.82, 2.24) is 0 Å². The molecule has 2 heteroatoms. The second kappa shape index (κ2) is 8.42. The van der Waals surface area contributed by atoms with Gasteiger partial charge in [0.1, 0.15) is 23.2 Å². The lowest BCUT2D eigenvalue weighted by molar-refractivity contribution is 0.418. The molecule has 0 heterocycles. The molecule has 28 heavy (non-hydrogen) atoms. The van der Waals surface area contributed by atoms with Gasteiger partial charge in [-0.3, -0.25) is 0 Å². The second-order valence-electron chi connectivity index (χ2n) is 6.80. The molecule has 0 fully saturated rings. The van der Waals surface area contributed by atoms with Gasteiger partial charge in [0.25, 0.3) is 0 Å². The normalized spacial score (nSPS) is 11.2. The zero-order chi connectivity index (χ0) is 19.2.